The van der Waals surface area contributed by atoms with Crippen molar-refractivity contribution in [3.05, 3.63) is 35.4 Å². The van der Waals surface area contributed by atoms with Crippen molar-refractivity contribution in [2.24, 2.45) is 5.92 Å². The third kappa shape index (κ3) is 4.94. The topological polar surface area (TPSA) is 20.2 Å². The number of aliphatic hydroxyl groups is 1. The summed E-state index contributed by atoms with van der Waals surface area (Å²) >= 11 is 0. The van der Waals surface area contributed by atoms with E-state index in [1.54, 1.807) is 0 Å². The van der Waals surface area contributed by atoms with Gasteiger partial charge in [0.25, 0.3) is 0 Å². The van der Waals surface area contributed by atoms with E-state index in [4.69, 9.17) is 0 Å². The van der Waals surface area contributed by atoms with Crippen molar-refractivity contribution in [3.63, 3.8) is 0 Å². The lowest BCUT2D eigenvalue weighted by molar-refractivity contribution is 0.139. The fraction of sp³-hybridized carbons (Fsp3) is 0.684. The first-order valence-corrected chi connectivity index (χ1v) is 8.56. The Bertz CT molecular complexity index is 360. The highest BCUT2D eigenvalue weighted by Gasteiger charge is 2.17. The molecule has 1 aliphatic carbocycles. The number of aryl methyl sites for hydroxylation is 1. The molecule has 0 amide bonds. The van der Waals surface area contributed by atoms with Gasteiger partial charge >= 0.3 is 0 Å². The Hall–Kier alpha value is -0.820. The first-order valence-electron chi connectivity index (χ1n) is 8.56. The number of benzene rings is 1. The normalized spacial score (nSPS) is 18.7. The second kappa shape index (κ2) is 8.46. The molecule has 1 N–H and O–H groups in total. The Labute approximate surface area is 124 Å². The summed E-state index contributed by atoms with van der Waals surface area (Å²) in [6.07, 6.45) is 12.5. The van der Waals surface area contributed by atoms with E-state index < -0.39 is 0 Å². The van der Waals surface area contributed by atoms with Gasteiger partial charge in [-0.2, -0.15) is 0 Å². The molecule has 20 heavy (non-hydrogen) atoms. The molecular weight excluding hydrogens is 244 g/mol. The Morgan fingerprint density at radius 2 is 1.70 bits per heavy atom. The molecule has 1 saturated carbocycles. The van der Waals surface area contributed by atoms with Crippen molar-refractivity contribution in [2.75, 3.05) is 0 Å². The van der Waals surface area contributed by atoms with Crippen molar-refractivity contribution >= 4 is 0 Å². The van der Waals surface area contributed by atoms with Gasteiger partial charge in [0, 0.05) is 0 Å². The van der Waals surface area contributed by atoms with Crippen LogP contribution in [0.25, 0.3) is 0 Å². The quantitative estimate of drug-likeness (QED) is 0.686. The van der Waals surface area contributed by atoms with Crippen LogP contribution in [0.15, 0.2) is 24.3 Å². The minimum Gasteiger partial charge on any atom is -0.388 e. The number of hydrogen-bond donors (Lipinski definition) is 1. The number of rotatable bonds is 6. The van der Waals surface area contributed by atoms with Crippen LogP contribution in [-0.4, -0.2) is 5.11 Å². The van der Waals surface area contributed by atoms with Crippen LogP contribution < -0.4 is 0 Å². The molecule has 1 aromatic carbocycles. The van der Waals surface area contributed by atoms with E-state index >= 15 is 0 Å². The smallest absolute Gasteiger partial charge is 0.0792 e. The average molecular weight is 274 g/mol. The summed E-state index contributed by atoms with van der Waals surface area (Å²) in [5, 5.41) is 10.4. The zero-order valence-electron chi connectivity index (χ0n) is 13.0. The van der Waals surface area contributed by atoms with Crippen molar-refractivity contribution < 1.29 is 5.11 Å². The van der Waals surface area contributed by atoms with Gasteiger partial charge in [0.05, 0.1) is 6.10 Å². The fourth-order valence-corrected chi connectivity index (χ4v) is 3.34. The van der Waals surface area contributed by atoms with Gasteiger partial charge < -0.3 is 5.11 Å². The van der Waals surface area contributed by atoms with E-state index in [-0.39, 0.29) is 6.10 Å². The molecule has 0 spiro atoms. The van der Waals surface area contributed by atoms with Crippen LogP contribution in [0.5, 0.6) is 0 Å². The summed E-state index contributed by atoms with van der Waals surface area (Å²) in [6.45, 7) is 2.23. The van der Waals surface area contributed by atoms with E-state index in [2.05, 4.69) is 31.2 Å². The van der Waals surface area contributed by atoms with Crippen molar-refractivity contribution in [1.82, 2.24) is 0 Å². The number of aliphatic hydroxyl groups excluding tert-OH is 1. The number of unbranched alkanes of at least 4 members (excludes halogenated alkanes) is 1. The number of hydrogen-bond acceptors (Lipinski definition) is 1. The van der Waals surface area contributed by atoms with E-state index in [1.165, 1.54) is 56.9 Å². The van der Waals surface area contributed by atoms with Crippen molar-refractivity contribution in [1.29, 1.82) is 0 Å². The SMILES string of the molecule is CCCCc1ccc(C(O)CC2CCCCCC2)cc1. The summed E-state index contributed by atoms with van der Waals surface area (Å²) in [5.41, 5.74) is 2.51. The monoisotopic (exact) mass is 274 g/mol. The zero-order chi connectivity index (χ0) is 14.2. The summed E-state index contributed by atoms with van der Waals surface area (Å²) in [7, 11) is 0. The summed E-state index contributed by atoms with van der Waals surface area (Å²) in [5.74, 6) is 0.729. The molecule has 0 radical (unpaired) electrons. The van der Waals surface area contributed by atoms with Crippen LogP contribution in [0.4, 0.5) is 0 Å². The molecule has 1 fully saturated rings. The Morgan fingerprint density at radius 3 is 2.30 bits per heavy atom. The molecule has 1 unspecified atom stereocenters. The third-order valence-electron chi connectivity index (χ3n) is 4.71. The van der Waals surface area contributed by atoms with Crippen LogP contribution in [0.1, 0.15) is 81.9 Å². The second-order valence-electron chi connectivity index (χ2n) is 6.45. The molecule has 112 valence electrons. The maximum atomic E-state index is 10.4. The van der Waals surface area contributed by atoms with E-state index in [1.807, 2.05) is 0 Å². The minimum atomic E-state index is -0.265. The maximum absolute atomic E-state index is 10.4. The summed E-state index contributed by atoms with van der Waals surface area (Å²) < 4.78 is 0. The molecule has 1 nitrogen and oxygen atoms in total. The lowest BCUT2D eigenvalue weighted by atomic mass is 9.90. The van der Waals surface area contributed by atoms with Crippen molar-refractivity contribution in [2.45, 2.75) is 77.2 Å². The predicted molar refractivity (Wildman–Crippen MR) is 85.8 cm³/mol. The summed E-state index contributed by atoms with van der Waals surface area (Å²) in [6, 6.07) is 8.65. The van der Waals surface area contributed by atoms with Gasteiger partial charge in [0.2, 0.25) is 0 Å². The first-order chi connectivity index (χ1) is 9.79. The molecule has 0 bridgehead atoms. The molecule has 0 aliphatic heterocycles. The molecule has 1 heteroatoms. The fourth-order valence-electron chi connectivity index (χ4n) is 3.34. The average Bonchev–Trinajstić information content (AvgIpc) is 2.74. The van der Waals surface area contributed by atoms with E-state index in [9.17, 15) is 5.11 Å². The molecule has 1 aromatic rings. The highest BCUT2D eigenvalue weighted by Crippen LogP contribution is 2.31. The predicted octanol–water partition coefficient (Wildman–Crippen LogP) is 5.42. The second-order valence-corrected chi connectivity index (χ2v) is 6.45. The largest absolute Gasteiger partial charge is 0.388 e. The molecule has 1 atom stereocenters. The zero-order valence-corrected chi connectivity index (χ0v) is 13.0. The van der Waals surface area contributed by atoms with Gasteiger partial charge in [0.1, 0.15) is 0 Å². The van der Waals surface area contributed by atoms with Gasteiger partial charge in [-0.1, -0.05) is 76.1 Å². The van der Waals surface area contributed by atoms with Crippen LogP contribution in [0.3, 0.4) is 0 Å². The lowest BCUT2D eigenvalue weighted by Gasteiger charge is -2.19. The van der Waals surface area contributed by atoms with Gasteiger partial charge in [-0.05, 0) is 36.3 Å². The van der Waals surface area contributed by atoms with Crippen LogP contribution in [0, 0.1) is 5.92 Å². The first kappa shape index (κ1) is 15.6. The Kier molecular flexibility index (Phi) is 6.59. The van der Waals surface area contributed by atoms with E-state index in [0.29, 0.717) is 0 Å². The van der Waals surface area contributed by atoms with Crippen LogP contribution in [0.2, 0.25) is 0 Å². The highest BCUT2D eigenvalue weighted by atomic mass is 16.3. The third-order valence-corrected chi connectivity index (χ3v) is 4.71. The molecule has 0 aromatic heterocycles. The molecule has 0 saturated heterocycles. The summed E-state index contributed by atoms with van der Waals surface area (Å²) in [4.78, 5) is 0. The van der Waals surface area contributed by atoms with Gasteiger partial charge in [0.15, 0.2) is 0 Å². The van der Waals surface area contributed by atoms with Crippen molar-refractivity contribution in [3.8, 4) is 0 Å². The molecular formula is C19H30O. The Balaban J connectivity index is 1.86. The van der Waals surface area contributed by atoms with E-state index in [0.717, 1.165) is 24.3 Å². The molecule has 2 rings (SSSR count). The highest BCUT2D eigenvalue weighted by molar-refractivity contribution is 5.24. The van der Waals surface area contributed by atoms with Crippen LogP contribution >= 0.6 is 0 Å². The van der Waals surface area contributed by atoms with Gasteiger partial charge in [-0.25, -0.2) is 0 Å². The molecule has 0 heterocycles. The molecule has 1 aliphatic rings. The standard InChI is InChI=1S/C19H30O/c1-2-3-8-16-11-13-18(14-12-16)19(20)15-17-9-6-4-5-7-10-17/h11-14,17,19-20H,2-10,15H2,1H3. The van der Waals surface area contributed by atoms with Gasteiger partial charge in [-0.3, -0.25) is 0 Å². The van der Waals surface area contributed by atoms with Gasteiger partial charge in [-0.15, -0.1) is 0 Å². The Morgan fingerprint density at radius 1 is 1.05 bits per heavy atom. The van der Waals surface area contributed by atoms with Crippen LogP contribution in [-0.2, 0) is 6.42 Å². The maximum Gasteiger partial charge on any atom is 0.0792 e. The minimum absolute atomic E-state index is 0.265. The lowest BCUT2D eigenvalue weighted by Crippen LogP contribution is -2.07.